The molecule has 56 heavy (non-hydrogen) atoms. The van der Waals surface area contributed by atoms with Crippen LogP contribution in [0.15, 0.2) is 29.2 Å². The summed E-state index contributed by atoms with van der Waals surface area (Å²) < 4.78 is 34.2. The van der Waals surface area contributed by atoms with E-state index in [9.17, 15) is 13.0 Å². The summed E-state index contributed by atoms with van der Waals surface area (Å²) >= 11 is 0. The van der Waals surface area contributed by atoms with Crippen LogP contribution >= 0.6 is 0 Å². The van der Waals surface area contributed by atoms with Gasteiger partial charge in [0.15, 0.2) is 0 Å². The molecule has 5 heteroatoms. The average Bonchev–Trinajstić information content (AvgIpc) is 3.18. The molecule has 1 aromatic carbocycles. The molecule has 0 fully saturated rings. The van der Waals surface area contributed by atoms with Gasteiger partial charge in [-0.25, -0.2) is 8.42 Å². The van der Waals surface area contributed by atoms with Crippen molar-refractivity contribution >= 4 is 10.1 Å². The van der Waals surface area contributed by atoms with E-state index in [1.54, 1.807) is 12.1 Å². The second-order valence-corrected chi connectivity index (χ2v) is 19.0. The molecule has 0 atom stereocenters. The van der Waals surface area contributed by atoms with E-state index in [0.717, 1.165) is 12.8 Å². The van der Waals surface area contributed by atoms with E-state index >= 15 is 0 Å². The number of rotatable bonds is 45. The Hall–Kier alpha value is 0.766. The van der Waals surface area contributed by atoms with Crippen LogP contribution in [0.3, 0.4) is 0 Å². The van der Waals surface area contributed by atoms with Crippen molar-refractivity contribution in [2.75, 3.05) is 0 Å². The minimum Gasteiger partial charge on any atom is -0.744 e. The number of hydrogen-bond donors (Lipinski definition) is 0. The maximum atomic E-state index is 11.4. The van der Waals surface area contributed by atoms with Gasteiger partial charge in [-0.3, -0.25) is 0 Å². The summed E-state index contributed by atoms with van der Waals surface area (Å²) in [6.07, 6.45) is 61.8. The van der Waals surface area contributed by atoms with Gasteiger partial charge in [-0.2, -0.15) is 0 Å². The second kappa shape index (κ2) is 45.3. The Balaban J connectivity index is 0.0000302. The molecule has 0 amide bonds. The van der Waals surface area contributed by atoms with Gasteiger partial charge in [0.1, 0.15) is 10.1 Å². The van der Waals surface area contributed by atoms with Gasteiger partial charge in [0.05, 0.1) is 4.90 Å². The molecule has 0 aliphatic carbocycles. The van der Waals surface area contributed by atoms with Crippen LogP contribution in [0.4, 0.5) is 0 Å². The summed E-state index contributed by atoms with van der Waals surface area (Å²) in [6.45, 7) is 2.31. The maximum absolute atomic E-state index is 11.4. The topological polar surface area (TPSA) is 57.2 Å². The molecule has 0 N–H and O–H groups in total. The van der Waals surface area contributed by atoms with Crippen molar-refractivity contribution in [2.45, 2.75) is 294 Å². The summed E-state index contributed by atoms with van der Waals surface area (Å²) in [5.41, 5.74) is 0.675. The Kier molecular flexibility index (Phi) is 45.9. The molecule has 0 heterocycles. The number of hydrogen-bond acceptors (Lipinski definition) is 3. The molecule has 0 saturated carbocycles. The van der Waals surface area contributed by atoms with E-state index in [2.05, 4.69) is 6.92 Å². The molecule has 0 aliphatic heterocycles. The molecule has 0 radical (unpaired) electrons. The molecule has 0 aromatic heterocycles. The Morgan fingerprint density at radius 3 is 0.750 bits per heavy atom. The molecule has 0 bridgehead atoms. The molecule has 1 aromatic rings. The Bertz CT molecular complexity index is 1010. The summed E-state index contributed by atoms with van der Waals surface area (Å²) in [5, 5.41) is 0. The van der Waals surface area contributed by atoms with E-state index in [1.807, 2.05) is 6.07 Å². The zero-order valence-electron chi connectivity index (χ0n) is 38.1. The second-order valence-electron chi connectivity index (χ2n) is 17.7. The minimum atomic E-state index is -4.37. The quantitative estimate of drug-likeness (QED) is 0.0374. The van der Waals surface area contributed by atoms with E-state index in [0.29, 0.717) is 12.0 Å². The minimum absolute atomic E-state index is 0. The van der Waals surface area contributed by atoms with Gasteiger partial charge in [-0.1, -0.05) is 295 Å². The van der Waals surface area contributed by atoms with Crippen LogP contribution < -0.4 is 51.4 Å². The van der Waals surface area contributed by atoms with Gasteiger partial charge in [-0.15, -0.1) is 0 Å². The Morgan fingerprint density at radius 2 is 0.536 bits per heavy atom. The molecular formula is C51H95KO3S. The SMILES string of the molecule is CCCCCCCCCCCCCCCCCCCCCCCCCCCCCCCCCCCCCCCCCCCCCc1ccccc1S(=O)(=O)[O-].[K+]. The fourth-order valence-electron chi connectivity index (χ4n) is 8.59. The fourth-order valence-corrected chi connectivity index (χ4v) is 9.33. The molecular weight excluding hydrogens is 732 g/mol. The van der Waals surface area contributed by atoms with Gasteiger partial charge >= 0.3 is 51.4 Å². The van der Waals surface area contributed by atoms with Crippen LogP contribution in [-0.2, 0) is 16.5 Å². The van der Waals surface area contributed by atoms with Crippen molar-refractivity contribution in [2.24, 2.45) is 0 Å². The van der Waals surface area contributed by atoms with Crippen molar-refractivity contribution < 1.29 is 64.4 Å². The number of benzene rings is 1. The van der Waals surface area contributed by atoms with E-state index in [-0.39, 0.29) is 56.3 Å². The smallest absolute Gasteiger partial charge is 0.744 e. The fraction of sp³-hybridized carbons (Fsp3) is 0.882. The predicted octanol–water partition coefficient (Wildman–Crippen LogP) is 14.9. The van der Waals surface area contributed by atoms with Crippen LogP contribution in [0.2, 0.25) is 0 Å². The monoisotopic (exact) mass is 827 g/mol. The molecule has 1 rings (SSSR count). The van der Waals surface area contributed by atoms with E-state index in [4.69, 9.17) is 0 Å². The standard InChI is InChI=1S/C51H96O3S.K/c1-2-3-4-5-6-7-8-9-10-11-12-13-14-15-16-17-18-19-20-21-22-23-24-25-26-27-28-29-30-31-32-33-34-35-36-37-38-39-40-41-42-43-44-47-50-48-45-46-49-51(50)55(52,53)54;/h45-46,48-49H,2-44,47H2,1H3,(H,52,53,54);/q;+1/p-1. The molecule has 0 unspecified atom stereocenters. The first-order valence-corrected chi connectivity index (χ1v) is 26.5. The third-order valence-corrected chi connectivity index (χ3v) is 13.2. The van der Waals surface area contributed by atoms with Gasteiger partial charge in [0.2, 0.25) is 0 Å². The first-order valence-electron chi connectivity index (χ1n) is 25.1. The third-order valence-electron chi connectivity index (χ3n) is 12.3. The van der Waals surface area contributed by atoms with Gasteiger partial charge in [0, 0.05) is 0 Å². The van der Waals surface area contributed by atoms with Crippen LogP contribution in [0.5, 0.6) is 0 Å². The van der Waals surface area contributed by atoms with Crippen LogP contribution in [0.1, 0.15) is 289 Å². The third kappa shape index (κ3) is 40.2. The molecule has 0 spiro atoms. The van der Waals surface area contributed by atoms with Crippen LogP contribution in [-0.4, -0.2) is 13.0 Å². The Morgan fingerprint density at radius 1 is 0.339 bits per heavy atom. The summed E-state index contributed by atoms with van der Waals surface area (Å²) in [4.78, 5) is -0.0398. The summed E-state index contributed by atoms with van der Waals surface area (Å²) in [6, 6.07) is 6.65. The van der Waals surface area contributed by atoms with Crippen molar-refractivity contribution in [3.8, 4) is 0 Å². The average molecular weight is 827 g/mol. The molecule has 3 nitrogen and oxygen atoms in total. The van der Waals surface area contributed by atoms with Crippen molar-refractivity contribution in [1.29, 1.82) is 0 Å². The first kappa shape index (κ1) is 56.8. The van der Waals surface area contributed by atoms with Crippen LogP contribution in [0.25, 0.3) is 0 Å². The van der Waals surface area contributed by atoms with Crippen molar-refractivity contribution in [3.05, 3.63) is 29.8 Å². The number of aryl methyl sites for hydroxylation is 1. The number of unbranched alkanes of at least 4 members (excludes halogenated alkanes) is 42. The van der Waals surface area contributed by atoms with Crippen LogP contribution in [0, 0.1) is 0 Å². The van der Waals surface area contributed by atoms with Gasteiger partial charge < -0.3 is 4.55 Å². The normalized spacial score (nSPS) is 11.7. The Labute approximate surface area is 394 Å². The molecule has 324 valence electrons. The summed E-state index contributed by atoms with van der Waals surface area (Å²) in [5.74, 6) is 0. The van der Waals surface area contributed by atoms with Crippen molar-refractivity contribution in [1.82, 2.24) is 0 Å². The molecule has 0 aliphatic rings. The van der Waals surface area contributed by atoms with Gasteiger partial charge in [0.25, 0.3) is 0 Å². The zero-order valence-corrected chi connectivity index (χ0v) is 42.0. The predicted molar refractivity (Wildman–Crippen MR) is 242 cm³/mol. The maximum Gasteiger partial charge on any atom is 1.00 e. The zero-order chi connectivity index (χ0) is 39.6. The largest absolute Gasteiger partial charge is 1.00 e. The van der Waals surface area contributed by atoms with Crippen molar-refractivity contribution in [3.63, 3.8) is 0 Å². The van der Waals surface area contributed by atoms with Gasteiger partial charge in [-0.05, 0) is 24.5 Å². The summed E-state index contributed by atoms with van der Waals surface area (Å²) in [7, 11) is -4.37. The van der Waals surface area contributed by atoms with E-state index in [1.165, 1.54) is 269 Å². The van der Waals surface area contributed by atoms with E-state index < -0.39 is 10.1 Å². The first-order chi connectivity index (χ1) is 27.1. The molecule has 0 saturated heterocycles.